The number of hydrogen-bond donors (Lipinski definition) is 0. The molecule has 27 heavy (non-hydrogen) atoms. The Morgan fingerprint density at radius 2 is 2.04 bits per heavy atom. The van der Waals surface area contributed by atoms with Gasteiger partial charge in [-0.05, 0) is 62.5 Å². The van der Waals surface area contributed by atoms with Crippen LogP contribution in [0.3, 0.4) is 0 Å². The summed E-state index contributed by atoms with van der Waals surface area (Å²) in [7, 11) is 4.01. The van der Waals surface area contributed by atoms with Gasteiger partial charge in [-0.25, -0.2) is 4.98 Å². The Hall–Kier alpha value is -1.69. The van der Waals surface area contributed by atoms with Gasteiger partial charge >= 0.3 is 0 Å². The minimum Gasteiger partial charge on any atom is -0.302 e. The van der Waals surface area contributed by atoms with E-state index in [2.05, 4.69) is 11.8 Å². The lowest BCUT2D eigenvalue weighted by Crippen LogP contribution is -2.29. The summed E-state index contributed by atoms with van der Waals surface area (Å²) in [6, 6.07) is 7.69. The van der Waals surface area contributed by atoms with Crippen LogP contribution in [0.25, 0.3) is 10.2 Å². The van der Waals surface area contributed by atoms with Gasteiger partial charge < -0.3 is 4.90 Å². The molecular formula is C21H24ClN3OS. The van der Waals surface area contributed by atoms with Crippen molar-refractivity contribution in [3.05, 3.63) is 61.5 Å². The van der Waals surface area contributed by atoms with Crippen molar-refractivity contribution in [1.29, 1.82) is 0 Å². The zero-order valence-electron chi connectivity index (χ0n) is 16.0. The van der Waals surface area contributed by atoms with Gasteiger partial charge in [-0.15, -0.1) is 11.3 Å². The highest BCUT2D eigenvalue weighted by atomic mass is 35.5. The zero-order chi connectivity index (χ0) is 19.1. The van der Waals surface area contributed by atoms with Crippen LogP contribution in [0, 0.1) is 5.92 Å². The highest BCUT2D eigenvalue weighted by Gasteiger charge is 2.24. The third-order valence-corrected chi connectivity index (χ3v) is 6.61. The molecule has 4 rings (SSSR count). The first kappa shape index (κ1) is 18.7. The number of fused-ring (bicyclic) bond motifs is 3. The number of hydrogen-bond acceptors (Lipinski definition) is 4. The van der Waals surface area contributed by atoms with Crippen molar-refractivity contribution in [2.75, 3.05) is 14.1 Å². The van der Waals surface area contributed by atoms with Gasteiger partial charge in [0.1, 0.15) is 10.7 Å². The number of aryl methyl sites for hydroxylation is 1. The van der Waals surface area contributed by atoms with Gasteiger partial charge in [-0.3, -0.25) is 9.36 Å². The van der Waals surface area contributed by atoms with Crippen LogP contribution in [0.5, 0.6) is 0 Å². The highest BCUT2D eigenvalue weighted by molar-refractivity contribution is 7.18. The third kappa shape index (κ3) is 3.68. The lowest BCUT2D eigenvalue weighted by atomic mass is 9.89. The molecule has 1 aliphatic carbocycles. The van der Waals surface area contributed by atoms with E-state index < -0.39 is 0 Å². The molecule has 4 nitrogen and oxygen atoms in total. The number of benzene rings is 1. The predicted octanol–water partition coefficient (Wildman–Crippen LogP) is 4.35. The Bertz CT molecular complexity index is 1040. The molecule has 1 unspecified atom stereocenters. The van der Waals surface area contributed by atoms with Crippen LogP contribution >= 0.6 is 22.9 Å². The fourth-order valence-electron chi connectivity index (χ4n) is 3.80. The van der Waals surface area contributed by atoms with E-state index in [1.165, 1.54) is 10.4 Å². The molecule has 0 N–H and O–H groups in total. The van der Waals surface area contributed by atoms with Gasteiger partial charge in [0.25, 0.3) is 5.56 Å². The molecular weight excluding hydrogens is 378 g/mol. The number of nitrogens with zero attached hydrogens (tertiary/aromatic N) is 3. The first-order chi connectivity index (χ1) is 12.9. The topological polar surface area (TPSA) is 38.1 Å². The molecule has 2 heterocycles. The van der Waals surface area contributed by atoms with Crippen molar-refractivity contribution < 1.29 is 0 Å². The molecule has 1 aliphatic rings. The number of thiophene rings is 1. The van der Waals surface area contributed by atoms with E-state index in [0.29, 0.717) is 24.0 Å². The maximum atomic E-state index is 13.5. The summed E-state index contributed by atoms with van der Waals surface area (Å²) in [5.41, 5.74) is 2.39. The van der Waals surface area contributed by atoms with Gasteiger partial charge in [-0.2, -0.15) is 0 Å². The Morgan fingerprint density at radius 3 is 2.74 bits per heavy atom. The zero-order valence-corrected chi connectivity index (χ0v) is 17.5. The van der Waals surface area contributed by atoms with Crippen molar-refractivity contribution in [2.45, 2.75) is 39.3 Å². The molecule has 0 saturated carbocycles. The average Bonchev–Trinajstić information content (AvgIpc) is 2.96. The molecule has 0 fully saturated rings. The molecule has 1 aromatic carbocycles. The lowest BCUT2D eigenvalue weighted by molar-refractivity contribution is 0.379. The molecule has 3 aromatic rings. The van der Waals surface area contributed by atoms with Gasteiger partial charge in [-0.1, -0.05) is 30.7 Å². The Morgan fingerprint density at radius 1 is 1.30 bits per heavy atom. The maximum absolute atomic E-state index is 13.5. The van der Waals surface area contributed by atoms with Gasteiger partial charge in [0.05, 0.1) is 18.5 Å². The molecule has 6 heteroatoms. The Labute approximate surface area is 168 Å². The van der Waals surface area contributed by atoms with E-state index >= 15 is 0 Å². The molecule has 0 saturated heterocycles. The second-order valence-corrected chi connectivity index (χ2v) is 9.34. The SMILES string of the molecule is CC1CCc2c(sc3nc(CN(C)C)n(Cc4ccc(Cl)cc4)c(=O)c23)C1. The van der Waals surface area contributed by atoms with Crippen LogP contribution in [0.1, 0.15) is 35.2 Å². The summed E-state index contributed by atoms with van der Waals surface area (Å²) in [4.78, 5) is 22.8. The van der Waals surface area contributed by atoms with Crippen LogP contribution in [-0.4, -0.2) is 28.5 Å². The molecule has 0 spiro atoms. The number of halogens is 1. The molecule has 142 valence electrons. The summed E-state index contributed by atoms with van der Waals surface area (Å²) in [5, 5.41) is 1.55. The minimum atomic E-state index is 0.0962. The Balaban J connectivity index is 1.87. The van der Waals surface area contributed by atoms with Crippen LogP contribution in [-0.2, 0) is 25.9 Å². The van der Waals surface area contributed by atoms with Crippen LogP contribution < -0.4 is 5.56 Å². The quantitative estimate of drug-likeness (QED) is 0.652. The minimum absolute atomic E-state index is 0.0962. The second kappa shape index (κ2) is 7.38. The van der Waals surface area contributed by atoms with Crippen molar-refractivity contribution in [3.63, 3.8) is 0 Å². The standard InChI is InChI=1S/C21H24ClN3OS/c1-13-4-9-16-17(10-13)27-20-19(16)21(26)25(18(23-20)12-24(2)3)11-14-5-7-15(22)8-6-14/h5-8,13H,4,9-12H2,1-3H3. The lowest BCUT2D eigenvalue weighted by Gasteiger charge is -2.18. The molecule has 0 radical (unpaired) electrons. The normalized spacial score (nSPS) is 16.9. The van der Waals surface area contributed by atoms with Crippen LogP contribution in [0.15, 0.2) is 29.1 Å². The molecule has 0 aliphatic heterocycles. The van der Waals surface area contributed by atoms with E-state index in [9.17, 15) is 4.79 Å². The summed E-state index contributed by atoms with van der Waals surface area (Å²) in [6.07, 6.45) is 3.20. The maximum Gasteiger partial charge on any atom is 0.262 e. The van der Waals surface area contributed by atoms with E-state index in [-0.39, 0.29) is 5.56 Å². The largest absolute Gasteiger partial charge is 0.302 e. The first-order valence-corrected chi connectivity index (χ1v) is 10.5. The summed E-state index contributed by atoms with van der Waals surface area (Å²) in [5.74, 6) is 1.50. The van der Waals surface area contributed by atoms with Crippen LogP contribution in [0.2, 0.25) is 5.02 Å². The highest BCUT2D eigenvalue weighted by Crippen LogP contribution is 2.36. The summed E-state index contributed by atoms with van der Waals surface area (Å²) >= 11 is 7.73. The van der Waals surface area contributed by atoms with Crippen molar-refractivity contribution in [3.8, 4) is 0 Å². The van der Waals surface area contributed by atoms with Gasteiger partial charge in [0.2, 0.25) is 0 Å². The van der Waals surface area contributed by atoms with Crippen molar-refractivity contribution in [1.82, 2.24) is 14.5 Å². The van der Waals surface area contributed by atoms with E-state index in [1.54, 1.807) is 11.3 Å². The molecule has 1 atom stereocenters. The van der Waals surface area contributed by atoms with E-state index in [4.69, 9.17) is 16.6 Å². The van der Waals surface area contributed by atoms with Crippen LogP contribution in [0.4, 0.5) is 0 Å². The monoisotopic (exact) mass is 401 g/mol. The summed E-state index contributed by atoms with van der Waals surface area (Å²) < 4.78 is 1.84. The van der Waals surface area contributed by atoms with Crippen molar-refractivity contribution in [2.24, 2.45) is 5.92 Å². The van der Waals surface area contributed by atoms with Crippen molar-refractivity contribution >= 4 is 33.2 Å². The van der Waals surface area contributed by atoms with E-state index in [0.717, 1.165) is 40.9 Å². The Kier molecular flexibility index (Phi) is 5.10. The molecule has 2 aromatic heterocycles. The van der Waals surface area contributed by atoms with Gasteiger partial charge in [0, 0.05) is 9.90 Å². The summed E-state index contributed by atoms with van der Waals surface area (Å²) in [6.45, 7) is 3.44. The smallest absolute Gasteiger partial charge is 0.262 e. The third-order valence-electron chi connectivity index (χ3n) is 5.21. The average molecular weight is 402 g/mol. The number of aromatic nitrogens is 2. The fraction of sp³-hybridized carbons (Fsp3) is 0.429. The molecule has 0 amide bonds. The molecule has 0 bridgehead atoms. The second-order valence-electron chi connectivity index (χ2n) is 7.82. The van der Waals surface area contributed by atoms with E-state index in [1.807, 2.05) is 42.9 Å². The number of rotatable bonds is 4. The fourth-order valence-corrected chi connectivity index (χ4v) is 5.32. The predicted molar refractivity (Wildman–Crippen MR) is 113 cm³/mol. The van der Waals surface area contributed by atoms with Gasteiger partial charge in [0.15, 0.2) is 0 Å². The first-order valence-electron chi connectivity index (χ1n) is 9.35.